The zero-order chi connectivity index (χ0) is 19.2. The third kappa shape index (κ3) is 4.59. The van der Waals surface area contributed by atoms with E-state index in [0.717, 1.165) is 11.1 Å². The van der Waals surface area contributed by atoms with Crippen molar-refractivity contribution >= 4 is 40.5 Å². The summed E-state index contributed by atoms with van der Waals surface area (Å²) in [5, 5.41) is 13.7. The van der Waals surface area contributed by atoms with Crippen LogP contribution < -0.4 is 5.32 Å². The summed E-state index contributed by atoms with van der Waals surface area (Å²) < 4.78 is 0. The molecule has 0 aromatic heterocycles. The van der Waals surface area contributed by atoms with Gasteiger partial charge in [-0.15, -0.1) is 0 Å². The number of carbonyl (C=O) groups is 1. The first kappa shape index (κ1) is 18.4. The third-order valence-electron chi connectivity index (χ3n) is 3.85. The monoisotopic (exact) mass is 378 g/mol. The van der Waals surface area contributed by atoms with E-state index >= 15 is 0 Å². The number of hydrogen-bond donors (Lipinski definition) is 1. The summed E-state index contributed by atoms with van der Waals surface area (Å²) in [4.78, 5) is 23.2. The van der Waals surface area contributed by atoms with Crippen LogP contribution in [0.15, 0.2) is 78.9 Å². The molecule has 0 fully saturated rings. The molecular formula is C21H15ClN2O3. The van der Waals surface area contributed by atoms with Crippen molar-refractivity contribution in [3.63, 3.8) is 0 Å². The van der Waals surface area contributed by atoms with Gasteiger partial charge in [-0.05, 0) is 23.3 Å². The second-order valence-corrected chi connectivity index (χ2v) is 6.12. The normalized spacial score (nSPS) is 11.1. The van der Waals surface area contributed by atoms with E-state index in [1.807, 2.05) is 60.7 Å². The fourth-order valence-corrected chi connectivity index (χ4v) is 2.74. The molecule has 0 radical (unpaired) electrons. The first-order chi connectivity index (χ1) is 13.0. The lowest BCUT2D eigenvalue weighted by Gasteiger charge is -2.11. The maximum atomic E-state index is 12.9. The van der Waals surface area contributed by atoms with Crippen molar-refractivity contribution in [3.05, 3.63) is 105 Å². The Morgan fingerprint density at radius 3 is 2.19 bits per heavy atom. The second kappa shape index (κ2) is 8.29. The van der Waals surface area contributed by atoms with Crippen LogP contribution in [-0.2, 0) is 4.79 Å². The van der Waals surface area contributed by atoms with Crippen LogP contribution in [0.25, 0.3) is 11.6 Å². The van der Waals surface area contributed by atoms with Crippen molar-refractivity contribution in [1.82, 2.24) is 0 Å². The molecule has 0 atom stereocenters. The largest absolute Gasteiger partial charge is 0.321 e. The maximum absolute atomic E-state index is 12.9. The number of nitrogens with zero attached hydrogens (tertiary/aromatic N) is 1. The van der Waals surface area contributed by atoms with Gasteiger partial charge in [-0.2, -0.15) is 0 Å². The minimum Gasteiger partial charge on any atom is -0.321 e. The van der Waals surface area contributed by atoms with Gasteiger partial charge >= 0.3 is 0 Å². The number of anilines is 1. The summed E-state index contributed by atoms with van der Waals surface area (Å²) in [5.41, 5.74) is 2.25. The third-order valence-corrected chi connectivity index (χ3v) is 4.16. The van der Waals surface area contributed by atoms with E-state index in [2.05, 4.69) is 5.32 Å². The standard InChI is InChI=1S/C21H15ClN2O3/c22-19-14-17(24(26)27)11-12-20(19)23-21(25)18(16-9-5-2-6-10-16)13-15-7-3-1-4-8-15/h1-14H,(H,23,25)/b18-13+. The average molecular weight is 379 g/mol. The molecule has 0 heterocycles. The van der Waals surface area contributed by atoms with Gasteiger partial charge < -0.3 is 5.32 Å². The molecule has 3 rings (SSSR count). The number of rotatable bonds is 5. The topological polar surface area (TPSA) is 72.2 Å². The summed E-state index contributed by atoms with van der Waals surface area (Å²) >= 11 is 6.09. The molecule has 0 bridgehead atoms. The molecular weight excluding hydrogens is 364 g/mol. The quantitative estimate of drug-likeness (QED) is 0.278. The number of benzene rings is 3. The highest BCUT2D eigenvalue weighted by atomic mass is 35.5. The fraction of sp³-hybridized carbons (Fsp3) is 0. The summed E-state index contributed by atoms with van der Waals surface area (Å²) in [6.45, 7) is 0. The highest BCUT2D eigenvalue weighted by Crippen LogP contribution is 2.28. The number of non-ortho nitro benzene ring substituents is 1. The number of nitro groups is 1. The van der Waals surface area contributed by atoms with Gasteiger partial charge in [0.05, 0.1) is 15.6 Å². The van der Waals surface area contributed by atoms with Crippen molar-refractivity contribution < 1.29 is 9.72 Å². The summed E-state index contributed by atoms with van der Waals surface area (Å²) in [6, 6.07) is 22.6. The molecule has 3 aromatic rings. The summed E-state index contributed by atoms with van der Waals surface area (Å²) in [7, 11) is 0. The number of hydrogen-bond acceptors (Lipinski definition) is 3. The molecule has 0 unspecified atom stereocenters. The van der Waals surface area contributed by atoms with Crippen LogP contribution in [-0.4, -0.2) is 10.8 Å². The average Bonchev–Trinajstić information content (AvgIpc) is 2.69. The highest BCUT2D eigenvalue weighted by molar-refractivity contribution is 6.36. The van der Waals surface area contributed by atoms with Crippen LogP contribution >= 0.6 is 11.6 Å². The lowest BCUT2D eigenvalue weighted by Crippen LogP contribution is -2.14. The number of nitro benzene ring substituents is 1. The van der Waals surface area contributed by atoms with Gasteiger partial charge in [0.25, 0.3) is 11.6 Å². The van der Waals surface area contributed by atoms with Gasteiger partial charge in [0.2, 0.25) is 0 Å². The Morgan fingerprint density at radius 1 is 0.963 bits per heavy atom. The fourth-order valence-electron chi connectivity index (χ4n) is 2.52. The Morgan fingerprint density at radius 2 is 1.59 bits per heavy atom. The molecule has 134 valence electrons. The van der Waals surface area contributed by atoms with Gasteiger partial charge in [-0.25, -0.2) is 0 Å². The molecule has 0 aliphatic carbocycles. The van der Waals surface area contributed by atoms with Crippen molar-refractivity contribution in [2.75, 3.05) is 5.32 Å². The van der Waals surface area contributed by atoms with Gasteiger partial charge in [0.15, 0.2) is 0 Å². The SMILES string of the molecule is O=C(Nc1ccc([N+](=O)[O-])cc1Cl)/C(=C/c1ccccc1)c1ccccc1. The lowest BCUT2D eigenvalue weighted by molar-refractivity contribution is -0.384. The van der Waals surface area contributed by atoms with Crippen LogP contribution in [0.4, 0.5) is 11.4 Å². The van der Waals surface area contributed by atoms with E-state index in [1.165, 1.54) is 18.2 Å². The van der Waals surface area contributed by atoms with Crippen LogP contribution in [0.1, 0.15) is 11.1 Å². The zero-order valence-corrected chi connectivity index (χ0v) is 14.9. The molecule has 0 spiro atoms. The molecule has 0 saturated carbocycles. The molecule has 1 amide bonds. The van der Waals surface area contributed by atoms with Crippen LogP contribution in [0.5, 0.6) is 0 Å². The minimum absolute atomic E-state index is 0.102. The molecule has 5 nitrogen and oxygen atoms in total. The predicted octanol–water partition coefficient (Wildman–Crippen LogP) is 5.43. The first-order valence-corrected chi connectivity index (χ1v) is 8.50. The van der Waals surface area contributed by atoms with Gasteiger partial charge in [-0.1, -0.05) is 72.3 Å². The Bertz CT molecular complexity index is 1000. The molecule has 0 saturated heterocycles. The molecule has 3 aromatic carbocycles. The van der Waals surface area contributed by atoms with E-state index in [1.54, 1.807) is 6.08 Å². The molecule has 0 aliphatic rings. The van der Waals surface area contributed by atoms with Gasteiger partial charge in [-0.3, -0.25) is 14.9 Å². The number of halogens is 1. The number of nitrogens with one attached hydrogen (secondary N) is 1. The Kier molecular flexibility index (Phi) is 5.64. The second-order valence-electron chi connectivity index (χ2n) is 5.71. The zero-order valence-electron chi connectivity index (χ0n) is 14.1. The van der Waals surface area contributed by atoms with E-state index in [0.29, 0.717) is 11.3 Å². The van der Waals surface area contributed by atoms with Crippen LogP contribution in [0.3, 0.4) is 0 Å². The van der Waals surface area contributed by atoms with Crippen LogP contribution in [0, 0.1) is 10.1 Å². The van der Waals surface area contributed by atoms with E-state index in [-0.39, 0.29) is 16.6 Å². The maximum Gasteiger partial charge on any atom is 0.271 e. The smallest absolute Gasteiger partial charge is 0.271 e. The molecule has 1 N–H and O–H groups in total. The first-order valence-electron chi connectivity index (χ1n) is 8.12. The van der Waals surface area contributed by atoms with E-state index in [9.17, 15) is 14.9 Å². The predicted molar refractivity (Wildman–Crippen MR) is 107 cm³/mol. The number of amides is 1. The van der Waals surface area contributed by atoms with Gasteiger partial charge in [0.1, 0.15) is 0 Å². The van der Waals surface area contributed by atoms with Crippen LogP contribution in [0.2, 0.25) is 5.02 Å². The van der Waals surface area contributed by atoms with E-state index in [4.69, 9.17) is 11.6 Å². The Hall–Kier alpha value is -3.44. The lowest BCUT2D eigenvalue weighted by atomic mass is 10.0. The Balaban J connectivity index is 1.95. The van der Waals surface area contributed by atoms with Crippen molar-refractivity contribution in [1.29, 1.82) is 0 Å². The van der Waals surface area contributed by atoms with E-state index < -0.39 is 4.92 Å². The summed E-state index contributed by atoms with van der Waals surface area (Å²) in [6.07, 6.45) is 1.78. The molecule has 27 heavy (non-hydrogen) atoms. The van der Waals surface area contributed by atoms with Crippen molar-refractivity contribution in [2.45, 2.75) is 0 Å². The molecule has 0 aliphatic heterocycles. The minimum atomic E-state index is -0.539. The summed E-state index contributed by atoms with van der Waals surface area (Å²) in [5.74, 6) is -0.360. The Labute approximate surface area is 161 Å². The van der Waals surface area contributed by atoms with Crippen molar-refractivity contribution in [2.24, 2.45) is 0 Å². The van der Waals surface area contributed by atoms with Gasteiger partial charge in [0, 0.05) is 17.7 Å². The van der Waals surface area contributed by atoms with Crippen molar-refractivity contribution in [3.8, 4) is 0 Å². The number of carbonyl (C=O) groups excluding carboxylic acids is 1. The highest BCUT2D eigenvalue weighted by Gasteiger charge is 2.16. The molecule has 6 heteroatoms.